The number of halogens is 1. The second kappa shape index (κ2) is 7.14. The molecule has 1 heterocycles. The van der Waals surface area contributed by atoms with Gasteiger partial charge in [0.25, 0.3) is 0 Å². The van der Waals surface area contributed by atoms with Crippen LogP contribution in [-0.4, -0.2) is 18.7 Å². The van der Waals surface area contributed by atoms with Crippen LogP contribution in [-0.2, 0) is 11.8 Å². The van der Waals surface area contributed by atoms with Crippen LogP contribution in [0.2, 0.25) is 0 Å². The molecular formula is C15H16BrNO2. The van der Waals surface area contributed by atoms with Crippen LogP contribution in [0.5, 0.6) is 11.5 Å². The third kappa shape index (κ3) is 3.96. The Morgan fingerprint density at radius 1 is 1.16 bits per heavy atom. The van der Waals surface area contributed by atoms with Crippen LogP contribution in [0.1, 0.15) is 11.1 Å². The number of alkyl halides is 1. The van der Waals surface area contributed by atoms with Crippen LogP contribution >= 0.6 is 15.9 Å². The second-order valence-corrected chi connectivity index (χ2v) is 4.64. The molecule has 0 spiro atoms. The highest BCUT2D eigenvalue weighted by Gasteiger charge is 2.05. The topological polar surface area (TPSA) is 31.4 Å². The summed E-state index contributed by atoms with van der Waals surface area (Å²) >= 11 is 3.43. The van der Waals surface area contributed by atoms with E-state index in [4.69, 9.17) is 9.47 Å². The summed E-state index contributed by atoms with van der Waals surface area (Å²) in [6.45, 7) is 0.607. The molecule has 4 heteroatoms. The van der Waals surface area contributed by atoms with Gasteiger partial charge in [-0.15, -0.1) is 0 Å². The first-order valence-corrected chi connectivity index (χ1v) is 7.20. The first kappa shape index (κ1) is 13.9. The van der Waals surface area contributed by atoms with Crippen molar-refractivity contribution in [1.29, 1.82) is 0 Å². The van der Waals surface area contributed by atoms with E-state index in [9.17, 15) is 0 Å². The van der Waals surface area contributed by atoms with Gasteiger partial charge in [-0.1, -0.05) is 28.1 Å². The Hall–Kier alpha value is -1.55. The number of pyridine rings is 1. The maximum atomic E-state index is 5.76. The van der Waals surface area contributed by atoms with Crippen molar-refractivity contribution in [3.63, 3.8) is 0 Å². The van der Waals surface area contributed by atoms with Crippen LogP contribution in [0.25, 0.3) is 0 Å². The molecule has 2 aromatic rings. The Labute approximate surface area is 121 Å². The molecule has 0 aliphatic carbocycles. The molecule has 0 fully saturated rings. The highest BCUT2D eigenvalue weighted by molar-refractivity contribution is 9.08. The quantitative estimate of drug-likeness (QED) is 0.762. The number of nitrogens with zero attached hydrogens (tertiary/aromatic N) is 1. The number of benzene rings is 1. The lowest BCUT2D eigenvalue weighted by atomic mass is 10.2. The van der Waals surface area contributed by atoms with Crippen molar-refractivity contribution in [3.8, 4) is 11.5 Å². The molecule has 1 aromatic carbocycles. The van der Waals surface area contributed by atoms with Gasteiger partial charge in [-0.05, 0) is 29.3 Å². The first-order valence-electron chi connectivity index (χ1n) is 6.08. The number of hydrogen-bond acceptors (Lipinski definition) is 3. The standard InChI is InChI=1S/C15H16BrNO2/c1-18-15-9-13(10-16)4-5-14(15)19-8-6-12-3-2-7-17-11-12/h2-5,7,9,11H,6,8,10H2,1H3. The molecule has 0 aliphatic rings. The molecule has 3 nitrogen and oxygen atoms in total. The van der Waals surface area contributed by atoms with Crippen molar-refractivity contribution >= 4 is 15.9 Å². The molecule has 19 heavy (non-hydrogen) atoms. The highest BCUT2D eigenvalue weighted by atomic mass is 79.9. The molecule has 0 N–H and O–H groups in total. The summed E-state index contributed by atoms with van der Waals surface area (Å²) in [5.41, 5.74) is 2.33. The highest BCUT2D eigenvalue weighted by Crippen LogP contribution is 2.28. The zero-order chi connectivity index (χ0) is 13.5. The number of rotatable bonds is 6. The van der Waals surface area contributed by atoms with Gasteiger partial charge in [0, 0.05) is 24.1 Å². The minimum Gasteiger partial charge on any atom is -0.493 e. The molecule has 0 aliphatic heterocycles. The largest absolute Gasteiger partial charge is 0.493 e. The Morgan fingerprint density at radius 3 is 2.74 bits per heavy atom. The van der Waals surface area contributed by atoms with Crippen molar-refractivity contribution in [2.75, 3.05) is 13.7 Å². The summed E-state index contributed by atoms with van der Waals surface area (Å²) in [4.78, 5) is 4.08. The van der Waals surface area contributed by atoms with Crippen molar-refractivity contribution in [1.82, 2.24) is 4.98 Å². The molecular weight excluding hydrogens is 306 g/mol. The minimum atomic E-state index is 0.607. The van der Waals surface area contributed by atoms with Crippen LogP contribution in [0.3, 0.4) is 0 Å². The maximum absolute atomic E-state index is 5.76. The zero-order valence-corrected chi connectivity index (χ0v) is 12.4. The van der Waals surface area contributed by atoms with Gasteiger partial charge in [0.2, 0.25) is 0 Å². The lowest BCUT2D eigenvalue weighted by molar-refractivity contribution is 0.297. The van der Waals surface area contributed by atoms with Gasteiger partial charge in [0.05, 0.1) is 13.7 Å². The van der Waals surface area contributed by atoms with Crippen LogP contribution in [0, 0.1) is 0 Å². The van der Waals surface area contributed by atoms with Gasteiger partial charge in [-0.3, -0.25) is 4.98 Å². The van der Waals surface area contributed by atoms with Gasteiger partial charge < -0.3 is 9.47 Å². The Balaban J connectivity index is 1.96. The van der Waals surface area contributed by atoms with E-state index in [1.165, 1.54) is 5.56 Å². The molecule has 100 valence electrons. The lowest BCUT2D eigenvalue weighted by Crippen LogP contribution is -2.03. The van der Waals surface area contributed by atoms with Crippen LogP contribution in [0.15, 0.2) is 42.7 Å². The summed E-state index contributed by atoms with van der Waals surface area (Å²) in [5, 5.41) is 0.805. The van der Waals surface area contributed by atoms with E-state index in [1.54, 1.807) is 13.3 Å². The van der Waals surface area contributed by atoms with Crippen molar-refractivity contribution in [2.24, 2.45) is 0 Å². The summed E-state index contributed by atoms with van der Waals surface area (Å²) in [6, 6.07) is 9.92. The predicted octanol–water partition coefficient (Wildman–Crippen LogP) is 3.61. The number of aromatic nitrogens is 1. The molecule has 0 saturated heterocycles. The van der Waals surface area contributed by atoms with E-state index in [1.807, 2.05) is 36.5 Å². The van der Waals surface area contributed by atoms with Crippen LogP contribution in [0.4, 0.5) is 0 Å². The van der Waals surface area contributed by atoms with Gasteiger partial charge in [0.1, 0.15) is 0 Å². The van der Waals surface area contributed by atoms with Gasteiger partial charge in [-0.25, -0.2) is 0 Å². The molecule has 0 radical (unpaired) electrons. The van der Waals surface area contributed by atoms with Gasteiger partial charge in [0.15, 0.2) is 11.5 Å². The molecule has 1 aromatic heterocycles. The average molecular weight is 322 g/mol. The van der Waals surface area contributed by atoms with E-state index in [0.29, 0.717) is 6.61 Å². The zero-order valence-electron chi connectivity index (χ0n) is 10.8. The van der Waals surface area contributed by atoms with E-state index in [-0.39, 0.29) is 0 Å². The predicted molar refractivity (Wildman–Crippen MR) is 79.1 cm³/mol. The third-order valence-electron chi connectivity index (χ3n) is 2.75. The molecule has 0 bridgehead atoms. The normalized spacial score (nSPS) is 10.2. The third-order valence-corrected chi connectivity index (χ3v) is 3.40. The fourth-order valence-electron chi connectivity index (χ4n) is 1.74. The summed E-state index contributed by atoms with van der Waals surface area (Å²) in [6.07, 6.45) is 4.46. The smallest absolute Gasteiger partial charge is 0.161 e. The minimum absolute atomic E-state index is 0.607. The summed E-state index contributed by atoms with van der Waals surface area (Å²) < 4.78 is 11.1. The maximum Gasteiger partial charge on any atom is 0.161 e. The van der Waals surface area contributed by atoms with Crippen molar-refractivity contribution in [3.05, 3.63) is 53.9 Å². The molecule has 0 atom stereocenters. The fraction of sp³-hybridized carbons (Fsp3) is 0.267. The summed E-state index contributed by atoms with van der Waals surface area (Å²) in [5.74, 6) is 1.54. The average Bonchev–Trinajstić information content (AvgIpc) is 2.48. The number of ether oxygens (including phenoxy) is 2. The Bertz CT molecular complexity index is 517. The SMILES string of the molecule is COc1cc(CBr)ccc1OCCc1cccnc1. The fourth-order valence-corrected chi connectivity index (χ4v) is 2.09. The van der Waals surface area contributed by atoms with E-state index < -0.39 is 0 Å². The number of methoxy groups -OCH3 is 1. The van der Waals surface area contributed by atoms with Gasteiger partial charge >= 0.3 is 0 Å². The van der Waals surface area contributed by atoms with E-state index >= 15 is 0 Å². The molecule has 0 saturated carbocycles. The number of hydrogen-bond donors (Lipinski definition) is 0. The van der Waals surface area contributed by atoms with E-state index in [0.717, 1.165) is 28.8 Å². The summed E-state index contributed by atoms with van der Waals surface area (Å²) in [7, 11) is 1.65. The molecule has 0 amide bonds. The molecule has 0 unspecified atom stereocenters. The first-order chi connectivity index (χ1) is 9.33. The second-order valence-electron chi connectivity index (χ2n) is 4.08. The monoisotopic (exact) mass is 321 g/mol. The molecule has 2 rings (SSSR count). The van der Waals surface area contributed by atoms with E-state index in [2.05, 4.69) is 20.9 Å². The van der Waals surface area contributed by atoms with Crippen LogP contribution < -0.4 is 9.47 Å². The Kier molecular flexibility index (Phi) is 5.21. The van der Waals surface area contributed by atoms with Crippen molar-refractivity contribution < 1.29 is 9.47 Å². The van der Waals surface area contributed by atoms with Crippen molar-refractivity contribution in [2.45, 2.75) is 11.8 Å². The lowest BCUT2D eigenvalue weighted by Gasteiger charge is -2.11. The Morgan fingerprint density at radius 2 is 2.05 bits per heavy atom. The van der Waals surface area contributed by atoms with Gasteiger partial charge in [-0.2, -0.15) is 0 Å².